The number of nitrogens with one attached hydrogen (secondary N) is 1. The minimum absolute atomic E-state index is 0. The monoisotopic (exact) mass is 402 g/mol. The van der Waals surface area contributed by atoms with Gasteiger partial charge in [-0.05, 0) is 25.0 Å². The van der Waals surface area contributed by atoms with Crippen molar-refractivity contribution in [2.24, 2.45) is 0 Å². The van der Waals surface area contributed by atoms with Gasteiger partial charge in [0, 0.05) is 50.7 Å². The molecular weight excluding hydrogens is 376 g/mol. The molecular formula is C17H27ClN4O3S. The second-order valence-electron chi connectivity index (χ2n) is 6.71. The van der Waals surface area contributed by atoms with Gasteiger partial charge in [-0.3, -0.25) is 14.7 Å². The van der Waals surface area contributed by atoms with Gasteiger partial charge < -0.3 is 10.2 Å². The summed E-state index contributed by atoms with van der Waals surface area (Å²) in [6, 6.07) is 3.87. The molecule has 3 rings (SSSR count). The molecule has 26 heavy (non-hydrogen) atoms. The standard InChI is InChI=1S/C17H26N4O3S.ClH/c1-2-21(15-5-9-25(23,24)13-15)17(22)12-20-8-7-19-11-16(20)14-4-3-6-18-10-14;/h3-4,6,10,15-16,19H,2,5,7-9,11-13H2,1H3;1H. The van der Waals surface area contributed by atoms with E-state index in [-0.39, 0.29) is 41.9 Å². The van der Waals surface area contributed by atoms with Crippen molar-refractivity contribution >= 4 is 28.2 Å². The molecule has 2 saturated heterocycles. The van der Waals surface area contributed by atoms with E-state index in [1.165, 1.54) is 0 Å². The fourth-order valence-corrected chi connectivity index (χ4v) is 5.49. The number of likely N-dealkylation sites (N-methyl/N-ethyl adjacent to an activating group) is 1. The first-order valence-corrected chi connectivity index (χ1v) is 10.7. The quantitative estimate of drug-likeness (QED) is 0.771. The number of hydrogen-bond donors (Lipinski definition) is 1. The van der Waals surface area contributed by atoms with Crippen LogP contribution in [0.4, 0.5) is 0 Å². The molecule has 2 atom stereocenters. The van der Waals surface area contributed by atoms with Crippen molar-refractivity contribution in [1.82, 2.24) is 20.1 Å². The van der Waals surface area contributed by atoms with Crippen LogP contribution in [0, 0.1) is 0 Å². The molecule has 0 aliphatic carbocycles. The van der Waals surface area contributed by atoms with Gasteiger partial charge in [-0.25, -0.2) is 8.42 Å². The van der Waals surface area contributed by atoms with Crippen molar-refractivity contribution in [1.29, 1.82) is 0 Å². The predicted molar refractivity (Wildman–Crippen MR) is 103 cm³/mol. The van der Waals surface area contributed by atoms with Gasteiger partial charge in [0.15, 0.2) is 9.84 Å². The highest BCUT2D eigenvalue weighted by Gasteiger charge is 2.35. The number of rotatable bonds is 5. The van der Waals surface area contributed by atoms with E-state index in [4.69, 9.17) is 0 Å². The summed E-state index contributed by atoms with van der Waals surface area (Å²) in [6.45, 7) is 5.18. The highest BCUT2D eigenvalue weighted by Crippen LogP contribution is 2.23. The normalized spacial score (nSPS) is 25.4. The minimum atomic E-state index is -3.00. The zero-order valence-corrected chi connectivity index (χ0v) is 16.6. The zero-order valence-electron chi connectivity index (χ0n) is 15.0. The molecule has 2 aliphatic rings. The maximum atomic E-state index is 12.9. The van der Waals surface area contributed by atoms with E-state index in [1.54, 1.807) is 11.1 Å². The number of sulfone groups is 1. The summed E-state index contributed by atoms with van der Waals surface area (Å²) in [5.41, 5.74) is 1.09. The lowest BCUT2D eigenvalue weighted by Gasteiger charge is -2.37. The van der Waals surface area contributed by atoms with E-state index in [2.05, 4.69) is 15.2 Å². The van der Waals surface area contributed by atoms with Gasteiger partial charge in [0.25, 0.3) is 0 Å². The molecule has 0 aromatic carbocycles. The maximum Gasteiger partial charge on any atom is 0.237 e. The highest BCUT2D eigenvalue weighted by atomic mass is 35.5. The Hall–Kier alpha value is -1.22. The summed E-state index contributed by atoms with van der Waals surface area (Å²) in [5, 5.41) is 3.37. The number of amides is 1. The van der Waals surface area contributed by atoms with Crippen molar-refractivity contribution in [3.63, 3.8) is 0 Å². The number of hydrogen-bond acceptors (Lipinski definition) is 6. The molecule has 0 spiro atoms. The van der Waals surface area contributed by atoms with Crippen LogP contribution in [-0.4, -0.2) is 79.4 Å². The van der Waals surface area contributed by atoms with Crippen LogP contribution in [0.5, 0.6) is 0 Å². The van der Waals surface area contributed by atoms with E-state index in [0.29, 0.717) is 19.5 Å². The Labute approximate surface area is 161 Å². The van der Waals surface area contributed by atoms with Crippen molar-refractivity contribution in [3.8, 4) is 0 Å². The van der Waals surface area contributed by atoms with Crippen molar-refractivity contribution in [2.75, 3.05) is 44.2 Å². The van der Waals surface area contributed by atoms with E-state index >= 15 is 0 Å². The van der Waals surface area contributed by atoms with Gasteiger partial charge in [0.2, 0.25) is 5.91 Å². The minimum Gasteiger partial charge on any atom is -0.338 e. The Bertz CT molecular complexity index is 701. The topological polar surface area (TPSA) is 82.6 Å². The molecule has 7 nitrogen and oxygen atoms in total. The summed E-state index contributed by atoms with van der Waals surface area (Å²) in [5.74, 6) is 0.300. The summed E-state index contributed by atoms with van der Waals surface area (Å²) in [4.78, 5) is 21.0. The third kappa shape index (κ3) is 4.94. The van der Waals surface area contributed by atoms with E-state index in [9.17, 15) is 13.2 Å². The lowest BCUT2D eigenvalue weighted by atomic mass is 10.1. The highest BCUT2D eigenvalue weighted by molar-refractivity contribution is 7.91. The lowest BCUT2D eigenvalue weighted by molar-refractivity contribution is -0.134. The van der Waals surface area contributed by atoms with Crippen LogP contribution in [-0.2, 0) is 14.6 Å². The Kier molecular flexibility index (Phi) is 7.40. The molecule has 1 N–H and O–H groups in total. The molecule has 1 amide bonds. The predicted octanol–water partition coefficient (Wildman–Crippen LogP) is 0.485. The second kappa shape index (κ2) is 9.12. The number of aromatic nitrogens is 1. The van der Waals surface area contributed by atoms with Crippen molar-refractivity contribution in [3.05, 3.63) is 30.1 Å². The lowest BCUT2D eigenvalue weighted by Crippen LogP contribution is -2.52. The first-order chi connectivity index (χ1) is 12.0. The Morgan fingerprint density at radius 1 is 1.46 bits per heavy atom. The fraction of sp³-hybridized carbons (Fsp3) is 0.647. The van der Waals surface area contributed by atoms with E-state index < -0.39 is 9.84 Å². The Morgan fingerprint density at radius 3 is 2.88 bits per heavy atom. The fourth-order valence-electron chi connectivity index (χ4n) is 3.76. The average molecular weight is 403 g/mol. The molecule has 146 valence electrons. The van der Waals surface area contributed by atoms with Crippen LogP contribution in [0.25, 0.3) is 0 Å². The summed E-state index contributed by atoms with van der Waals surface area (Å²) < 4.78 is 23.5. The van der Waals surface area contributed by atoms with Crippen LogP contribution in [0.2, 0.25) is 0 Å². The molecule has 2 aliphatic heterocycles. The smallest absolute Gasteiger partial charge is 0.237 e. The van der Waals surface area contributed by atoms with E-state index in [1.807, 2.05) is 25.3 Å². The van der Waals surface area contributed by atoms with Gasteiger partial charge in [-0.1, -0.05) is 6.07 Å². The van der Waals surface area contributed by atoms with Crippen LogP contribution >= 0.6 is 12.4 Å². The van der Waals surface area contributed by atoms with E-state index in [0.717, 1.165) is 25.2 Å². The van der Waals surface area contributed by atoms with Gasteiger partial charge in [0.05, 0.1) is 18.1 Å². The molecule has 2 unspecified atom stereocenters. The van der Waals surface area contributed by atoms with Crippen molar-refractivity contribution < 1.29 is 13.2 Å². The van der Waals surface area contributed by atoms with Gasteiger partial charge in [-0.15, -0.1) is 12.4 Å². The van der Waals surface area contributed by atoms with Gasteiger partial charge in [-0.2, -0.15) is 0 Å². The second-order valence-corrected chi connectivity index (χ2v) is 8.94. The number of piperazine rings is 1. The van der Waals surface area contributed by atoms with Crippen LogP contribution < -0.4 is 5.32 Å². The first-order valence-electron chi connectivity index (χ1n) is 8.85. The SMILES string of the molecule is CCN(C(=O)CN1CCNCC1c1cccnc1)C1CCS(=O)(=O)C1.Cl. The summed E-state index contributed by atoms with van der Waals surface area (Å²) in [6.07, 6.45) is 4.14. The van der Waals surface area contributed by atoms with Crippen LogP contribution in [0.1, 0.15) is 24.9 Å². The maximum absolute atomic E-state index is 12.9. The summed E-state index contributed by atoms with van der Waals surface area (Å²) >= 11 is 0. The number of pyridine rings is 1. The molecule has 9 heteroatoms. The molecule has 0 bridgehead atoms. The number of carbonyl (C=O) groups excluding carboxylic acids is 1. The Balaban J connectivity index is 0.00000243. The van der Waals surface area contributed by atoms with Crippen LogP contribution in [0.15, 0.2) is 24.5 Å². The molecule has 1 aromatic rings. The third-order valence-corrected chi connectivity index (χ3v) is 6.82. The zero-order chi connectivity index (χ0) is 17.9. The number of carbonyl (C=O) groups is 1. The molecule has 2 fully saturated rings. The first kappa shape index (κ1) is 21.1. The van der Waals surface area contributed by atoms with Gasteiger partial charge >= 0.3 is 0 Å². The largest absolute Gasteiger partial charge is 0.338 e. The number of nitrogens with zero attached hydrogens (tertiary/aromatic N) is 3. The average Bonchev–Trinajstić information content (AvgIpc) is 2.96. The molecule has 0 radical (unpaired) electrons. The Morgan fingerprint density at radius 2 is 2.27 bits per heavy atom. The number of halogens is 1. The van der Waals surface area contributed by atoms with Crippen LogP contribution in [0.3, 0.4) is 0 Å². The third-order valence-electron chi connectivity index (χ3n) is 5.07. The molecule has 3 heterocycles. The molecule has 1 aromatic heterocycles. The van der Waals surface area contributed by atoms with Crippen molar-refractivity contribution in [2.45, 2.75) is 25.4 Å². The molecule has 0 saturated carbocycles. The summed E-state index contributed by atoms with van der Waals surface area (Å²) in [7, 11) is -3.00. The van der Waals surface area contributed by atoms with Gasteiger partial charge in [0.1, 0.15) is 0 Å².